The minimum absolute atomic E-state index is 0.0511. The van der Waals surface area contributed by atoms with Gasteiger partial charge in [-0.2, -0.15) is 0 Å². The number of benzene rings is 2. The van der Waals surface area contributed by atoms with E-state index in [1.165, 1.54) is 5.56 Å². The summed E-state index contributed by atoms with van der Waals surface area (Å²) < 4.78 is 1.99. The van der Waals surface area contributed by atoms with Gasteiger partial charge >= 0.3 is 5.97 Å². The molecule has 0 atom stereocenters. The highest BCUT2D eigenvalue weighted by atomic mass is 35.5. The lowest BCUT2D eigenvalue weighted by Gasteiger charge is -2.16. The number of carboxylic acids is 1. The van der Waals surface area contributed by atoms with Crippen LogP contribution >= 0.6 is 23.2 Å². The SMILES string of the molecule is Cc1ccc(-c2ccc(CCC(=O)O)n2-c2cc(Cl)ccc2Cl)cc1. The largest absolute Gasteiger partial charge is 0.481 e. The number of halogens is 2. The lowest BCUT2D eigenvalue weighted by atomic mass is 10.1. The number of aromatic nitrogens is 1. The van der Waals surface area contributed by atoms with Crippen LogP contribution in [0.5, 0.6) is 0 Å². The van der Waals surface area contributed by atoms with Gasteiger partial charge in [0, 0.05) is 10.7 Å². The van der Waals surface area contributed by atoms with Gasteiger partial charge < -0.3 is 9.67 Å². The molecule has 0 amide bonds. The van der Waals surface area contributed by atoms with E-state index in [9.17, 15) is 4.79 Å². The minimum Gasteiger partial charge on any atom is -0.481 e. The van der Waals surface area contributed by atoms with Crippen molar-refractivity contribution in [1.29, 1.82) is 0 Å². The topological polar surface area (TPSA) is 42.2 Å². The van der Waals surface area contributed by atoms with Gasteiger partial charge in [0.2, 0.25) is 0 Å². The molecule has 128 valence electrons. The molecule has 0 aliphatic rings. The van der Waals surface area contributed by atoms with E-state index in [-0.39, 0.29) is 6.42 Å². The van der Waals surface area contributed by atoms with Crippen molar-refractivity contribution in [1.82, 2.24) is 4.57 Å². The highest BCUT2D eigenvalue weighted by Crippen LogP contribution is 2.32. The predicted molar refractivity (Wildman–Crippen MR) is 102 cm³/mol. The summed E-state index contributed by atoms with van der Waals surface area (Å²) in [7, 11) is 0. The molecule has 3 aromatic rings. The van der Waals surface area contributed by atoms with Crippen molar-refractivity contribution in [3.63, 3.8) is 0 Å². The monoisotopic (exact) mass is 373 g/mol. The molecule has 0 radical (unpaired) electrons. The van der Waals surface area contributed by atoms with Gasteiger partial charge in [-0.05, 0) is 49.2 Å². The summed E-state index contributed by atoms with van der Waals surface area (Å²) in [4.78, 5) is 11.0. The van der Waals surface area contributed by atoms with Gasteiger partial charge in [0.05, 0.1) is 22.8 Å². The molecular weight excluding hydrogens is 357 g/mol. The summed E-state index contributed by atoms with van der Waals surface area (Å²) in [5.41, 5.74) is 4.78. The Morgan fingerprint density at radius 1 is 1.04 bits per heavy atom. The fraction of sp³-hybridized carbons (Fsp3) is 0.150. The predicted octanol–water partition coefficient (Wildman–Crippen LogP) is 5.78. The van der Waals surface area contributed by atoms with E-state index in [2.05, 4.69) is 0 Å². The Bertz CT molecular complexity index is 914. The van der Waals surface area contributed by atoms with Crippen LogP contribution < -0.4 is 0 Å². The molecule has 0 saturated heterocycles. The Morgan fingerprint density at radius 2 is 1.76 bits per heavy atom. The van der Waals surface area contributed by atoms with E-state index in [1.54, 1.807) is 18.2 Å². The Kier molecular flexibility index (Phi) is 5.16. The van der Waals surface area contributed by atoms with Gasteiger partial charge in [-0.1, -0.05) is 53.0 Å². The number of rotatable bonds is 5. The summed E-state index contributed by atoms with van der Waals surface area (Å²) >= 11 is 12.6. The normalized spacial score (nSPS) is 10.8. The Hall–Kier alpha value is -2.23. The molecule has 3 nitrogen and oxygen atoms in total. The highest BCUT2D eigenvalue weighted by molar-refractivity contribution is 6.34. The average molecular weight is 374 g/mol. The third-order valence-corrected chi connectivity index (χ3v) is 4.61. The molecule has 0 bridgehead atoms. The first kappa shape index (κ1) is 17.6. The van der Waals surface area contributed by atoms with Crippen LogP contribution in [0.1, 0.15) is 17.7 Å². The second-order valence-corrected chi connectivity index (χ2v) is 6.74. The first-order chi connectivity index (χ1) is 12.0. The van der Waals surface area contributed by atoms with Gasteiger partial charge in [0.15, 0.2) is 0 Å². The van der Waals surface area contributed by atoms with E-state index in [0.29, 0.717) is 16.5 Å². The standard InChI is InChI=1S/C20H17Cl2NO2/c1-13-2-4-14(5-3-13)18-10-7-16(8-11-20(24)25)23(18)19-12-15(21)6-9-17(19)22/h2-7,9-10,12H,8,11H2,1H3,(H,24,25). The van der Waals surface area contributed by atoms with Gasteiger partial charge in [0.1, 0.15) is 0 Å². The third kappa shape index (κ3) is 3.89. The van der Waals surface area contributed by atoms with Crippen molar-refractivity contribution in [2.75, 3.05) is 0 Å². The van der Waals surface area contributed by atoms with E-state index in [1.807, 2.05) is 47.9 Å². The summed E-state index contributed by atoms with van der Waals surface area (Å²) in [6, 6.07) is 17.4. The van der Waals surface area contributed by atoms with Crippen LogP contribution in [-0.4, -0.2) is 15.6 Å². The first-order valence-electron chi connectivity index (χ1n) is 7.90. The Labute approximate surface area is 156 Å². The Balaban J connectivity index is 2.17. The lowest BCUT2D eigenvalue weighted by molar-refractivity contribution is -0.136. The second kappa shape index (κ2) is 7.34. The van der Waals surface area contributed by atoms with E-state index < -0.39 is 5.97 Å². The molecule has 2 aromatic carbocycles. The zero-order valence-corrected chi connectivity index (χ0v) is 15.2. The van der Waals surface area contributed by atoms with Crippen molar-refractivity contribution in [3.05, 3.63) is 75.9 Å². The van der Waals surface area contributed by atoms with Crippen LogP contribution in [0.2, 0.25) is 10.0 Å². The molecule has 5 heteroatoms. The third-order valence-electron chi connectivity index (χ3n) is 4.05. The molecule has 1 N–H and O–H groups in total. The quantitative estimate of drug-likeness (QED) is 0.615. The fourth-order valence-electron chi connectivity index (χ4n) is 2.80. The van der Waals surface area contributed by atoms with Crippen molar-refractivity contribution in [2.24, 2.45) is 0 Å². The number of hydrogen-bond donors (Lipinski definition) is 1. The molecule has 1 aromatic heterocycles. The molecule has 1 heterocycles. The number of aryl methyl sites for hydroxylation is 2. The van der Waals surface area contributed by atoms with Gasteiger partial charge in [-0.25, -0.2) is 0 Å². The summed E-state index contributed by atoms with van der Waals surface area (Å²) in [5.74, 6) is -0.832. The van der Waals surface area contributed by atoms with Gasteiger partial charge in [0.25, 0.3) is 0 Å². The van der Waals surface area contributed by atoms with E-state index in [4.69, 9.17) is 28.3 Å². The Morgan fingerprint density at radius 3 is 2.44 bits per heavy atom. The number of carbonyl (C=O) groups is 1. The van der Waals surface area contributed by atoms with Crippen LogP contribution in [0.3, 0.4) is 0 Å². The fourth-order valence-corrected chi connectivity index (χ4v) is 3.17. The second-order valence-electron chi connectivity index (χ2n) is 5.90. The summed E-state index contributed by atoms with van der Waals surface area (Å²) in [6.07, 6.45) is 0.458. The van der Waals surface area contributed by atoms with Crippen LogP contribution in [0.4, 0.5) is 0 Å². The molecule has 25 heavy (non-hydrogen) atoms. The molecule has 0 aliphatic carbocycles. The minimum atomic E-state index is -0.832. The maximum Gasteiger partial charge on any atom is 0.303 e. The van der Waals surface area contributed by atoms with Crippen molar-refractivity contribution >= 4 is 29.2 Å². The van der Waals surface area contributed by atoms with Crippen molar-refractivity contribution in [3.8, 4) is 16.9 Å². The van der Waals surface area contributed by atoms with E-state index in [0.717, 1.165) is 22.6 Å². The summed E-state index contributed by atoms with van der Waals surface area (Å²) in [5, 5.41) is 10.2. The number of carboxylic acid groups (broad SMARTS) is 1. The molecule has 3 rings (SSSR count). The maximum absolute atomic E-state index is 11.0. The molecule has 0 saturated carbocycles. The van der Waals surface area contributed by atoms with Crippen LogP contribution in [-0.2, 0) is 11.2 Å². The van der Waals surface area contributed by atoms with Crippen LogP contribution in [0.25, 0.3) is 16.9 Å². The number of aliphatic carboxylic acids is 1. The molecule has 0 aliphatic heterocycles. The number of nitrogens with zero attached hydrogens (tertiary/aromatic N) is 1. The maximum atomic E-state index is 11.0. The average Bonchev–Trinajstić information content (AvgIpc) is 2.99. The number of hydrogen-bond acceptors (Lipinski definition) is 1. The first-order valence-corrected chi connectivity index (χ1v) is 8.66. The molecular formula is C20H17Cl2NO2. The van der Waals surface area contributed by atoms with Crippen LogP contribution in [0, 0.1) is 6.92 Å². The van der Waals surface area contributed by atoms with E-state index >= 15 is 0 Å². The van der Waals surface area contributed by atoms with Gasteiger partial charge in [-0.3, -0.25) is 4.79 Å². The smallest absolute Gasteiger partial charge is 0.303 e. The van der Waals surface area contributed by atoms with Crippen molar-refractivity contribution < 1.29 is 9.90 Å². The van der Waals surface area contributed by atoms with Gasteiger partial charge in [-0.15, -0.1) is 0 Å². The lowest BCUT2D eigenvalue weighted by Crippen LogP contribution is -2.06. The summed E-state index contributed by atoms with van der Waals surface area (Å²) in [6.45, 7) is 2.04. The van der Waals surface area contributed by atoms with Crippen LogP contribution in [0.15, 0.2) is 54.6 Å². The molecule has 0 fully saturated rings. The zero-order valence-electron chi connectivity index (χ0n) is 13.7. The zero-order chi connectivity index (χ0) is 18.0. The molecule has 0 spiro atoms. The van der Waals surface area contributed by atoms with Crippen molar-refractivity contribution in [2.45, 2.75) is 19.8 Å². The molecule has 0 unspecified atom stereocenters. The highest BCUT2D eigenvalue weighted by Gasteiger charge is 2.15.